The Balaban J connectivity index is 0.000000373. The van der Waals surface area contributed by atoms with E-state index in [4.69, 9.17) is 67.4 Å². The van der Waals surface area contributed by atoms with Gasteiger partial charge in [0.1, 0.15) is 43.7 Å². The lowest BCUT2D eigenvalue weighted by Gasteiger charge is -2.24. The summed E-state index contributed by atoms with van der Waals surface area (Å²) in [6.07, 6.45) is -13.0. The third-order valence-corrected chi connectivity index (χ3v) is 12.6. The molecule has 6 aromatic rings. The number of carbonyl (C=O) groups is 7. The highest BCUT2D eigenvalue weighted by atomic mass is 16.8. The molecule has 22 nitrogen and oxygen atoms in total. The molecular formula is C65H76O22. The summed E-state index contributed by atoms with van der Waals surface area (Å²) in [5.41, 5.74) is 1.76. The number of carbonyl (C=O) groups excluding carboxylic acids is 7. The predicted octanol–water partition coefficient (Wildman–Crippen LogP) is 7.86. The minimum absolute atomic E-state index is 0. The lowest BCUT2D eigenvalue weighted by atomic mass is 10.1. The van der Waals surface area contributed by atoms with Crippen molar-refractivity contribution in [2.45, 2.75) is 110 Å². The van der Waals surface area contributed by atoms with Gasteiger partial charge in [-0.2, -0.15) is 0 Å². The van der Waals surface area contributed by atoms with Gasteiger partial charge in [-0.05, 0) is 72.8 Å². The number of benzene rings is 6. The van der Waals surface area contributed by atoms with Crippen LogP contribution >= 0.6 is 0 Å². The number of hydrogen-bond donors (Lipinski definition) is 3. The lowest BCUT2D eigenvalue weighted by molar-refractivity contribution is -0.188. The van der Waals surface area contributed by atoms with Gasteiger partial charge in [0, 0.05) is 21.1 Å². The zero-order chi connectivity index (χ0) is 59.3. The maximum atomic E-state index is 12.9. The Bertz CT molecular complexity index is 3010. The first-order chi connectivity index (χ1) is 40.2. The number of aliphatic hydroxyl groups is 3. The maximum absolute atomic E-state index is 12.9. The van der Waals surface area contributed by atoms with E-state index in [1.807, 2.05) is 0 Å². The van der Waals surface area contributed by atoms with Crippen molar-refractivity contribution in [3.8, 4) is 0 Å². The maximum Gasteiger partial charge on any atom is 0.338 e. The van der Waals surface area contributed by atoms with Crippen LogP contribution in [0.2, 0.25) is 0 Å². The monoisotopic (exact) mass is 1210 g/mol. The highest BCUT2D eigenvalue weighted by molar-refractivity contribution is 5.92. The van der Waals surface area contributed by atoms with Crippen molar-refractivity contribution in [1.82, 2.24) is 0 Å². The zero-order valence-electron chi connectivity index (χ0n) is 45.0. The molecule has 0 aromatic heterocycles. The molecule has 22 heteroatoms. The third kappa shape index (κ3) is 20.2. The van der Waals surface area contributed by atoms with Crippen molar-refractivity contribution in [3.63, 3.8) is 0 Å². The van der Waals surface area contributed by atoms with Crippen LogP contribution in [0.4, 0.5) is 0 Å². The van der Waals surface area contributed by atoms with E-state index in [0.717, 1.165) is 6.92 Å². The quantitative estimate of drug-likeness (QED) is 0.0545. The molecule has 5 unspecified atom stereocenters. The lowest BCUT2D eigenvalue weighted by Crippen LogP contribution is -2.42. The minimum atomic E-state index is -1.40. The Morgan fingerprint density at radius 2 is 0.621 bits per heavy atom. The van der Waals surface area contributed by atoms with Gasteiger partial charge in [0.2, 0.25) is 12.4 Å². The fraction of sp³-hybridized carbons (Fsp3) is 0.338. The summed E-state index contributed by atoms with van der Waals surface area (Å²) in [6, 6.07) is 49.8. The Labute approximate surface area is 505 Å². The Morgan fingerprint density at radius 3 is 0.885 bits per heavy atom. The summed E-state index contributed by atoms with van der Waals surface area (Å²) >= 11 is 0. The summed E-state index contributed by atoms with van der Waals surface area (Å²) < 4.78 is 65.3. The number of methoxy groups -OCH3 is 2. The van der Waals surface area contributed by atoms with E-state index in [0.29, 0.717) is 22.3 Å². The van der Waals surface area contributed by atoms with Gasteiger partial charge >= 0.3 is 41.8 Å². The van der Waals surface area contributed by atoms with Crippen LogP contribution in [0.1, 0.15) is 98.8 Å². The van der Waals surface area contributed by atoms with Crippen molar-refractivity contribution in [2.75, 3.05) is 34.0 Å². The van der Waals surface area contributed by atoms with Crippen LogP contribution in [0.3, 0.4) is 0 Å². The van der Waals surface area contributed by atoms with Gasteiger partial charge in [-0.3, -0.25) is 4.79 Å². The van der Waals surface area contributed by atoms with Crippen LogP contribution in [-0.4, -0.2) is 165 Å². The van der Waals surface area contributed by atoms with Gasteiger partial charge < -0.3 is 72.2 Å². The highest BCUT2D eigenvalue weighted by Crippen LogP contribution is 2.32. The molecule has 0 bridgehead atoms. The van der Waals surface area contributed by atoms with Gasteiger partial charge in [-0.15, -0.1) is 0 Å². The molecule has 12 atom stereocenters. The molecule has 468 valence electrons. The smallest absolute Gasteiger partial charge is 0.338 e. The number of rotatable bonds is 18. The van der Waals surface area contributed by atoms with E-state index in [2.05, 4.69) is 4.74 Å². The SMILES string of the molecule is C.C.C.C.CC(=O)O[C@H]1O[C@@H](COC(=O)c2ccccc2)[C@@H](OC(=O)c2ccccc2)C1OC(=O)c1ccccc1.COC1O[C@@H](CO)[C@@H](O)C1O.COC1O[C@@H](COC(=O)c2ccccc2)[C@@H](OC(=O)c2ccccc2)C1OC(=O)c1ccccc1. The predicted molar refractivity (Wildman–Crippen MR) is 314 cm³/mol. The second-order valence-electron chi connectivity index (χ2n) is 18.2. The average Bonchev–Trinajstić information content (AvgIpc) is 2.92. The molecule has 6 aromatic carbocycles. The molecule has 3 saturated heterocycles. The fourth-order valence-corrected chi connectivity index (χ4v) is 8.39. The molecule has 3 aliphatic heterocycles. The molecule has 87 heavy (non-hydrogen) atoms. The first kappa shape index (κ1) is 72.5. The Hall–Kier alpha value is -8.71. The second kappa shape index (κ2) is 36.3. The minimum Gasteiger partial charge on any atom is -0.459 e. The summed E-state index contributed by atoms with van der Waals surface area (Å²) in [7, 11) is 2.74. The molecule has 9 rings (SSSR count). The zero-order valence-corrected chi connectivity index (χ0v) is 45.0. The van der Waals surface area contributed by atoms with E-state index < -0.39 is 116 Å². The first-order valence-electron chi connectivity index (χ1n) is 25.8. The molecule has 3 heterocycles. The molecule has 3 N–H and O–H groups in total. The standard InChI is InChI=1S/C28H24O9.C27H24O8.C6H12O5.4CH4/c1-18(29)34-28-24(37-27(32)21-15-9-4-10-16-21)23(36-26(31)20-13-7-3-8-14-20)22(35-28)17-33-25(30)19-11-5-2-6-12-19;1-31-27-23(35-26(30)20-15-9-4-10-16-20)22(34-25(29)19-13-7-3-8-14-19)21(33-27)17-32-24(28)18-11-5-2-6-12-18;1-10-6-5(9)4(8)3(2-7)11-6;;;;/h2-16,22-24,28H,17H2,1H3;2-16,21-23,27H,17H2,1H3;3-9H,2H2,1H3;4*1H4/t22-,23+,24?,28-;21-,22+,23?,27?;3-,4+,5?,6?;;;;/m000..../s1. The van der Waals surface area contributed by atoms with Crippen molar-refractivity contribution in [2.24, 2.45) is 0 Å². The molecule has 0 spiro atoms. The molecule has 3 fully saturated rings. The van der Waals surface area contributed by atoms with E-state index in [1.165, 1.54) is 14.2 Å². The van der Waals surface area contributed by atoms with Gasteiger partial charge in [-0.25, -0.2) is 28.8 Å². The van der Waals surface area contributed by atoms with Gasteiger partial charge in [0.25, 0.3) is 0 Å². The van der Waals surface area contributed by atoms with Crippen molar-refractivity contribution in [3.05, 3.63) is 215 Å². The van der Waals surface area contributed by atoms with Gasteiger partial charge in [0.05, 0.1) is 40.0 Å². The van der Waals surface area contributed by atoms with Crippen LogP contribution in [0.5, 0.6) is 0 Å². The number of ether oxygens (including phenoxy) is 12. The van der Waals surface area contributed by atoms with Crippen molar-refractivity contribution >= 4 is 41.8 Å². The highest BCUT2D eigenvalue weighted by Gasteiger charge is 2.53. The second-order valence-corrected chi connectivity index (χ2v) is 18.2. The fourth-order valence-electron chi connectivity index (χ4n) is 8.39. The molecule has 3 aliphatic rings. The van der Waals surface area contributed by atoms with Gasteiger partial charge in [0.15, 0.2) is 30.9 Å². The van der Waals surface area contributed by atoms with Crippen molar-refractivity contribution < 1.29 is 106 Å². The summed E-state index contributed by atoms with van der Waals surface area (Å²) in [5.74, 6) is -4.65. The van der Waals surface area contributed by atoms with Gasteiger partial charge in [-0.1, -0.05) is 139 Å². The Kier molecular flexibility index (Phi) is 30.3. The van der Waals surface area contributed by atoms with Crippen molar-refractivity contribution in [1.29, 1.82) is 0 Å². The van der Waals surface area contributed by atoms with E-state index in [1.54, 1.807) is 182 Å². The van der Waals surface area contributed by atoms with Crippen LogP contribution in [0.25, 0.3) is 0 Å². The van der Waals surface area contributed by atoms with E-state index in [-0.39, 0.29) is 60.7 Å². The Morgan fingerprint density at radius 1 is 0.356 bits per heavy atom. The first-order valence-corrected chi connectivity index (χ1v) is 25.8. The third-order valence-electron chi connectivity index (χ3n) is 12.6. The summed E-state index contributed by atoms with van der Waals surface area (Å²) in [4.78, 5) is 88.1. The topological polar surface area (TPSA) is 291 Å². The van der Waals surface area contributed by atoms with E-state index >= 15 is 0 Å². The molecule has 0 aliphatic carbocycles. The summed E-state index contributed by atoms with van der Waals surface area (Å²) in [5, 5.41) is 26.9. The molecule has 0 amide bonds. The number of aliphatic hydroxyl groups excluding tert-OH is 3. The molecule has 0 saturated carbocycles. The molecular weight excluding hydrogens is 1130 g/mol. The van der Waals surface area contributed by atoms with Crippen LogP contribution in [-0.2, 0) is 61.6 Å². The number of esters is 7. The normalized spacial score (nSPS) is 22.9. The largest absolute Gasteiger partial charge is 0.459 e. The van der Waals surface area contributed by atoms with E-state index in [9.17, 15) is 33.6 Å². The average molecular weight is 1210 g/mol. The summed E-state index contributed by atoms with van der Waals surface area (Å²) in [6.45, 7) is 0.225. The van der Waals surface area contributed by atoms with Crippen LogP contribution < -0.4 is 0 Å². The van der Waals surface area contributed by atoms with Crippen LogP contribution in [0, 0.1) is 0 Å². The van der Waals surface area contributed by atoms with Crippen LogP contribution in [0.15, 0.2) is 182 Å². The molecule has 0 radical (unpaired) electrons. The number of hydrogen-bond acceptors (Lipinski definition) is 22.